The number of ether oxygens (including phenoxy) is 1. The highest BCUT2D eigenvalue weighted by atomic mass is 16.5. The molecule has 1 rings (SSSR count). The van der Waals surface area contributed by atoms with E-state index in [2.05, 4.69) is 16.6 Å². The van der Waals surface area contributed by atoms with Gasteiger partial charge in [0.15, 0.2) is 0 Å². The molecule has 1 heterocycles. The summed E-state index contributed by atoms with van der Waals surface area (Å²) in [5.74, 6) is 0. The van der Waals surface area contributed by atoms with Crippen molar-refractivity contribution in [1.82, 2.24) is 10.9 Å². The second-order valence-electron chi connectivity index (χ2n) is 1.99. The number of nitrogens with one attached hydrogen (secondary N) is 2. The Morgan fingerprint density at radius 3 is 2.18 bits per heavy atom. The highest BCUT2D eigenvalue weighted by Crippen LogP contribution is 1.93. The highest BCUT2D eigenvalue weighted by molar-refractivity contribution is 5.70. The van der Waals surface area contributed by atoms with Gasteiger partial charge in [0.1, 0.15) is 0 Å². The van der Waals surface area contributed by atoms with Crippen LogP contribution in [-0.2, 0) is 4.74 Å². The molecule has 66 valence electrons. The number of carbonyl (C=O) groups is 1. The third-order valence-corrected chi connectivity index (χ3v) is 0.966. The van der Waals surface area contributed by atoms with Crippen LogP contribution in [0.3, 0.4) is 0 Å². The number of nitrogens with two attached hydrogens (primary N) is 1. The van der Waals surface area contributed by atoms with E-state index in [9.17, 15) is 4.79 Å². The lowest BCUT2D eigenvalue weighted by atomic mass is 10.4. The number of hydrogen-bond acceptors (Lipinski definition) is 3. The molecule has 1 aliphatic rings. The Kier molecular flexibility index (Phi) is 6.76. The fraction of sp³-hybridized carbons (Fsp3) is 0.833. The van der Waals surface area contributed by atoms with E-state index in [1.807, 2.05) is 6.92 Å². The van der Waals surface area contributed by atoms with E-state index in [0.29, 0.717) is 6.54 Å². The fourth-order valence-electron chi connectivity index (χ4n) is 0.320. The largest absolute Gasteiger partial charge is 0.381 e. The lowest BCUT2D eigenvalue weighted by Gasteiger charge is -2.09. The maximum atomic E-state index is 9.81. The fourth-order valence-corrected chi connectivity index (χ4v) is 0.320. The molecule has 4 N–H and O–H groups in total. The third kappa shape index (κ3) is 9.19. The molecule has 0 spiro atoms. The summed E-state index contributed by atoms with van der Waals surface area (Å²) < 4.78 is 4.72. The van der Waals surface area contributed by atoms with E-state index < -0.39 is 6.03 Å². The zero-order valence-corrected chi connectivity index (χ0v) is 6.72. The molecule has 5 heteroatoms. The molecular formula is C6H15N3O2. The number of amides is 2. The first-order valence-corrected chi connectivity index (χ1v) is 3.63. The second kappa shape index (κ2) is 7.30. The first kappa shape index (κ1) is 10.2. The molecule has 0 aromatic rings. The van der Waals surface area contributed by atoms with Crippen LogP contribution in [0.1, 0.15) is 13.3 Å². The molecule has 0 aromatic heterocycles. The number of rotatable bonds is 2. The number of hydrazine groups is 1. The minimum Gasteiger partial charge on any atom is -0.381 e. The van der Waals surface area contributed by atoms with Crippen LogP contribution >= 0.6 is 0 Å². The molecule has 0 radical (unpaired) electrons. The van der Waals surface area contributed by atoms with Gasteiger partial charge >= 0.3 is 6.03 Å². The minimum absolute atomic E-state index is 0.554. The van der Waals surface area contributed by atoms with Crippen LogP contribution < -0.4 is 16.6 Å². The van der Waals surface area contributed by atoms with Crippen LogP contribution in [0, 0.1) is 0 Å². The van der Waals surface area contributed by atoms with Crippen LogP contribution in [0.25, 0.3) is 0 Å². The van der Waals surface area contributed by atoms with Gasteiger partial charge in [-0.15, -0.1) is 0 Å². The molecule has 2 amide bonds. The minimum atomic E-state index is -0.554. The lowest BCUT2D eigenvalue weighted by Crippen LogP contribution is -2.40. The van der Waals surface area contributed by atoms with Crippen LogP contribution in [0.5, 0.6) is 0 Å². The van der Waals surface area contributed by atoms with E-state index in [-0.39, 0.29) is 0 Å². The Morgan fingerprint density at radius 1 is 1.64 bits per heavy atom. The first-order chi connectivity index (χ1) is 5.27. The Balaban J connectivity index is 0.000000207. The molecular weight excluding hydrogens is 146 g/mol. The number of carbonyl (C=O) groups excluding carboxylic acids is 1. The highest BCUT2D eigenvalue weighted by Gasteiger charge is 1.94. The van der Waals surface area contributed by atoms with Crippen LogP contribution in [0.15, 0.2) is 0 Å². The van der Waals surface area contributed by atoms with Gasteiger partial charge in [0.2, 0.25) is 0 Å². The maximum absolute atomic E-state index is 9.81. The van der Waals surface area contributed by atoms with Gasteiger partial charge in [-0.1, -0.05) is 6.92 Å². The summed E-state index contributed by atoms with van der Waals surface area (Å²) in [4.78, 5) is 9.81. The number of hydrogen-bond donors (Lipinski definition) is 3. The monoisotopic (exact) mass is 161 g/mol. The van der Waals surface area contributed by atoms with Gasteiger partial charge in [-0.05, 0) is 6.42 Å². The molecule has 11 heavy (non-hydrogen) atoms. The van der Waals surface area contributed by atoms with Gasteiger partial charge in [-0.3, -0.25) is 5.43 Å². The standard InChI is InChI=1S/C3H9N3O.C3H6O/c1-2-5-6-3(4)7;1-2-4-3-1/h5H,2H2,1H3,(H3,4,6,7);1-3H2. The van der Waals surface area contributed by atoms with Crippen molar-refractivity contribution in [2.24, 2.45) is 5.73 Å². The predicted octanol–water partition coefficient (Wildman–Crippen LogP) is -0.414. The van der Waals surface area contributed by atoms with E-state index in [4.69, 9.17) is 4.74 Å². The van der Waals surface area contributed by atoms with Gasteiger partial charge in [-0.2, -0.15) is 0 Å². The Bertz CT molecular complexity index is 100. The summed E-state index contributed by atoms with van der Waals surface area (Å²) in [6, 6.07) is -0.554. The Hall–Kier alpha value is -0.810. The molecule has 0 saturated carbocycles. The Labute approximate surface area is 66.2 Å². The zero-order chi connectivity index (χ0) is 8.53. The van der Waals surface area contributed by atoms with Gasteiger partial charge in [0.25, 0.3) is 0 Å². The van der Waals surface area contributed by atoms with Crippen molar-refractivity contribution in [1.29, 1.82) is 0 Å². The summed E-state index contributed by atoms with van der Waals surface area (Å²) in [7, 11) is 0. The van der Waals surface area contributed by atoms with E-state index in [1.165, 1.54) is 6.42 Å². The second-order valence-corrected chi connectivity index (χ2v) is 1.99. The summed E-state index contributed by atoms with van der Waals surface area (Å²) in [6.07, 6.45) is 1.28. The van der Waals surface area contributed by atoms with Crippen molar-refractivity contribution in [3.63, 3.8) is 0 Å². The quantitative estimate of drug-likeness (QED) is 0.482. The van der Waals surface area contributed by atoms with Crippen molar-refractivity contribution in [3.8, 4) is 0 Å². The topological polar surface area (TPSA) is 76.4 Å². The number of primary amides is 1. The normalized spacial score (nSPS) is 13.9. The van der Waals surface area contributed by atoms with Gasteiger partial charge in [0, 0.05) is 19.8 Å². The van der Waals surface area contributed by atoms with E-state index in [1.54, 1.807) is 0 Å². The zero-order valence-electron chi connectivity index (χ0n) is 6.72. The average molecular weight is 161 g/mol. The molecule has 1 aliphatic heterocycles. The summed E-state index contributed by atoms with van der Waals surface area (Å²) >= 11 is 0. The average Bonchev–Trinajstić information content (AvgIpc) is 1.79. The summed E-state index contributed by atoms with van der Waals surface area (Å²) in [5, 5.41) is 0. The van der Waals surface area contributed by atoms with Crippen molar-refractivity contribution in [3.05, 3.63) is 0 Å². The summed E-state index contributed by atoms with van der Waals surface area (Å²) in [6.45, 7) is 4.54. The lowest BCUT2D eigenvalue weighted by molar-refractivity contribution is 0.0367. The molecule has 0 bridgehead atoms. The smallest absolute Gasteiger partial charge is 0.326 e. The van der Waals surface area contributed by atoms with Crippen molar-refractivity contribution in [2.75, 3.05) is 19.8 Å². The van der Waals surface area contributed by atoms with Gasteiger partial charge in [0.05, 0.1) is 0 Å². The predicted molar refractivity (Wildman–Crippen MR) is 41.8 cm³/mol. The molecule has 0 aromatic carbocycles. The maximum Gasteiger partial charge on any atom is 0.326 e. The number of urea groups is 1. The van der Waals surface area contributed by atoms with Crippen LogP contribution in [0.4, 0.5) is 4.79 Å². The third-order valence-electron chi connectivity index (χ3n) is 0.966. The van der Waals surface area contributed by atoms with Crippen molar-refractivity contribution >= 4 is 6.03 Å². The SMILES string of the molecule is C1COC1.CCNNC(N)=O. The Morgan fingerprint density at radius 2 is 2.09 bits per heavy atom. The van der Waals surface area contributed by atoms with Gasteiger partial charge < -0.3 is 10.5 Å². The first-order valence-electron chi connectivity index (χ1n) is 3.63. The molecule has 1 saturated heterocycles. The molecule has 0 aliphatic carbocycles. The summed E-state index contributed by atoms with van der Waals surface area (Å²) in [5.41, 5.74) is 9.37. The van der Waals surface area contributed by atoms with Crippen LogP contribution in [-0.4, -0.2) is 25.8 Å². The molecule has 0 unspecified atom stereocenters. The van der Waals surface area contributed by atoms with Crippen LogP contribution in [0.2, 0.25) is 0 Å². The van der Waals surface area contributed by atoms with Gasteiger partial charge in [-0.25, -0.2) is 10.2 Å². The molecule has 1 fully saturated rings. The van der Waals surface area contributed by atoms with E-state index >= 15 is 0 Å². The van der Waals surface area contributed by atoms with Crippen molar-refractivity contribution in [2.45, 2.75) is 13.3 Å². The molecule has 5 nitrogen and oxygen atoms in total. The van der Waals surface area contributed by atoms with Crippen molar-refractivity contribution < 1.29 is 9.53 Å². The molecule has 0 atom stereocenters. The van der Waals surface area contributed by atoms with E-state index in [0.717, 1.165) is 13.2 Å².